The fraction of sp³-hybridized carbons (Fsp3) is 0.143. The Kier molecular flexibility index (Phi) is 3.25. The highest BCUT2D eigenvalue weighted by Crippen LogP contribution is 2.15. The Hall–Kier alpha value is -1.67. The molecule has 1 heterocycles. The van der Waals surface area contributed by atoms with E-state index in [0.717, 1.165) is 11.4 Å². The zero-order valence-corrected chi connectivity index (χ0v) is 10.5. The number of nitrogens with zero attached hydrogens (tertiary/aromatic N) is 1. The summed E-state index contributed by atoms with van der Waals surface area (Å²) in [5.41, 5.74) is 3.00. The van der Waals surface area contributed by atoms with Crippen molar-refractivity contribution in [3.8, 4) is 0 Å². The minimum absolute atomic E-state index is 0.00438. The van der Waals surface area contributed by atoms with E-state index in [1.54, 1.807) is 36.4 Å². The predicted octanol–water partition coefficient (Wildman–Crippen LogP) is 3.58. The normalized spacial score (nSPS) is 10.3. The van der Waals surface area contributed by atoms with Crippen LogP contribution in [0.3, 0.4) is 0 Å². The van der Waals surface area contributed by atoms with E-state index in [9.17, 15) is 4.79 Å². The highest BCUT2D eigenvalue weighted by atomic mass is 35.5. The summed E-state index contributed by atoms with van der Waals surface area (Å²) in [7, 11) is 0. The largest absolute Gasteiger partial charge is 0.289 e. The van der Waals surface area contributed by atoms with Crippen molar-refractivity contribution in [2.75, 3.05) is 0 Å². The molecule has 0 saturated heterocycles. The van der Waals surface area contributed by atoms with Gasteiger partial charge in [0, 0.05) is 27.5 Å². The minimum Gasteiger partial charge on any atom is -0.289 e. The van der Waals surface area contributed by atoms with E-state index >= 15 is 0 Å². The van der Waals surface area contributed by atoms with E-state index in [2.05, 4.69) is 4.98 Å². The van der Waals surface area contributed by atoms with E-state index in [1.807, 2.05) is 13.8 Å². The zero-order valence-electron chi connectivity index (χ0n) is 9.70. The maximum Gasteiger partial charge on any atom is 0.193 e. The third-order valence-corrected chi connectivity index (χ3v) is 2.70. The van der Waals surface area contributed by atoms with Crippen LogP contribution in [-0.4, -0.2) is 10.8 Å². The van der Waals surface area contributed by atoms with Gasteiger partial charge in [0.1, 0.15) is 0 Å². The molecule has 0 unspecified atom stereocenters. The van der Waals surface area contributed by atoms with Gasteiger partial charge in [-0.3, -0.25) is 9.78 Å². The fourth-order valence-corrected chi connectivity index (χ4v) is 1.86. The molecule has 0 aliphatic rings. The number of carbonyl (C=O) groups is 1. The molecule has 0 bridgehead atoms. The number of pyridine rings is 1. The lowest BCUT2D eigenvalue weighted by Gasteiger charge is -2.04. The number of hydrogen-bond acceptors (Lipinski definition) is 2. The van der Waals surface area contributed by atoms with Gasteiger partial charge < -0.3 is 0 Å². The van der Waals surface area contributed by atoms with Crippen LogP contribution in [0.25, 0.3) is 0 Å². The van der Waals surface area contributed by atoms with E-state index < -0.39 is 0 Å². The maximum absolute atomic E-state index is 12.2. The lowest BCUT2D eigenvalue weighted by molar-refractivity contribution is 0.103. The number of aromatic nitrogens is 1. The van der Waals surface area contributed by atoms with Crippen molar-refractivity contribution < 1.29 is 4.79 Å². The molecule has 0 aliphatic heterocycles. The number of aryl methyl sites for hydroxylation is 2. The molecule has 86 valence electrons. The summed E-state index contributed by atoms with van der Waals surface area (Å²) in [4.78, 5) is 16.4. The van der Waals surface area contributed by atoms with Crippen LogP contribution in [0.4, 0.5) is 0 Å². The van der Waals surface area contributed by atoms with Gasteiger partial charge in [-0.15, -0.1) is 0 Å². The highest BCUT2D eigenvalue weighted by molar-refractivity contribution is 6.30. The molecular weight excluding hydrogens is 234 g/mol. The van der Waals surface area contributed by atoms with Crippen molar-refractivity contribution in [3.05, 3.63) is 63.9 Å². The summed E-state index contributed by atoms with van der Waals surface area (Å²) in [6.07, 6.45) is 0. The summed E-state index contributed by atoms with van der Waals surface area (Å²) in [6, 6.07) is 10.5. The lowest BCUT2D eigenvalue weighted by Crippen LogP contribution is -2.03. The van der Waals surface area contributed by atoms with E-state index in [4.69, 9.17) is 11.6 Å². The molecule has 2 rings (SSSR count). The first-order valence-electron chi connectivity index (χ1n) is 5.32. The Morgan fingerprint density at radius 1 is 1.00 bits per heavy atom. The highest BCUT2D eigenvalue weighted by Gasteiger charge is 2.10. The molecule has 3 heteroatoms. The predicted molar refractivity (Wildman–Crippen MR) is 68.6 cm³/mol. The van der Waals surface area contributed by atoms with Gasteiger partial charge in [0.2, 0.25) is 0 Å². The smallest absolute Gasteiger partial charge is 0.193 e. The van der Waals surface area contributed by atoms with Crippen LogP contribution in [0.1, 0.15) is 27.3 Å². The summed E-state index contributed by atoms with van der Waals surface area (Å²) in [5.74, 6) is -0.00438. The lowest BCUT2D eigenvalue weighted by atomic mass is 10.0. The molecule has 0 N–H and O–H groups in total. The Bertz CT molecular complexity index is 541. The molecule has 1 aromatic carbocycles. The van der Waals surface area contributed by atoms with Crippen molar-refractivity contribution >= 4 is 17.4 Å². The molecule has 0 aliphatic carbocycles. The second-order valence-corrected chi connectivity index (χ2v) is 4.41. The first-order chi connectivity index (χ1) is 8.06. The molecule has 0 atom stereocenters. The van der Waals surface area contributed by atoms with Crippen molar-refractivity contribution in [3.63, 3.8) is 0 Å². The van der Waals surface area contributed by atoms with E-state index in [0.29, 0.717) is 16.1 Å². The average molecular weight is 246 g/mol. The van der Waals surface area contributed by atoms with Gasteiger partial charge in [-0.2, -0.15) is 0 Å². The first kappa shape index (κ1) is 11.8. The topological polar surface area (TPSA) is 30.0 Å². The van der Waals surface area contributed by atoms with Gasteiger partial charge in [0.25, 0.3) is 0 Å². The number of hydrogen-bond donors (Lipinski definition) is 0. The van der Waals surface area contributed by atoms with E-state index in [-0.39, 0.29) is 5.78 Å². The molecule has 0 amide bonds. The Morgan fingerprint density at radius 2 is 1.53 bits per heavy atom. The Labute approximate surface area is 105 Å². The van der Waals surface area contributed by atoms with Crippen LogP contribution in [0.15, 0.2) is 36.4 Å². The third-order valence-electron chi connectivity index (χ3n) is 2.45. The van der Waals surface area contributed by atoms with Crippen LogP contribution in [0.5, 0.6) is 0 Å². The molecule has 0 spiro atoms. The van der Waals surface area contributed by atoms with Crippen LogP contribution in [0.2, 0.25) is 5.02 Å². The van der Waals surface area contributed by atoms with Crippen molar-refractivity contribution in [1.82, 2.24) is 4.98 Å². The third kappa shape index (κ3) is 2.71. The van der Waals surface area contributed by atoms with Crippen molar-refractivity contribution in [2.45, 2.75) is 13.8 Å². The maximum atomic E-state index is 12.2. The number of ketones is 1. The summed E-state index contributed by atoms with van der Waals surface area (Å²) in [6.45, 7) is 3.76. The summed E-state index contributed by atoms with van der Waals surface area (Å²) < 4.78 is 0. The molecule has 0 radical (unpaired) electrons. The quantitative estimate of drug-likeness (QED) is 0.757. The van der Waals surface area contributed by atoms with Crippen LogP contribution in [0, 0.1) is 13.8 Å². The van der Waals surface area contributed by atoms with Crippen LogP contribution in [-0.2, 0) is 0 Å². The first-order valence-corrected chi connectivity index (χ1v) is 5.69. The number of halogens is 1. The van der Waals surface area contributed by atoms with Crippen molar-refractivity contribution in [1.29, 1.82) is 0 Å². The van der Waals surface area contributed by atoms with Gasteiger partial charge >= 0.3 is 0 Å². The minimum atomic E-state index is -0.00438. The summed E-state index contributed by atoms with van der Waals surface area (Å²) in [5, 5.41) is 0.628. The van der Waals surface area contributed by atoms with Gasteiger partial charge in [0.05, 0.1) is 0 Å². The zero-order chi connectivity index (χ0) is 12.4. The number of rotatable bonds is 2. The monoisotopic (exact) mass is 245 g/mol. The van der Waals surface area contributed by atoms with Gasteiger partial charge in [-0.25, -0.2) is 0 Å². The molecule has 0 saturated carbocycles. The second kappa shape index (κ2) is 4.68. The fourth-order valence-electron chi connectivity index (χ4n) is 1.73. The molecule has 1 aromatic heterocycles. The summed E-state index contributed by atoms with van der Waals surface area (Å²) >= 11 is 5.79. The van der Waals surface area contributed by atoms with Crippen molar-refractivity contribution in [2.24, 2.45) is 0 Å². The van der Waals surface area contributed by atoms with E-state index in [1.165, 1.54) is 0 Å². The average Bonchev–Trinajstić information content (AvgIpc) is 2.28. The molecular formula is C14H12ClNO. The van der Waals surface area contributed by atoms with Crippen LogP contribution >= 0.6 is 11.6 Å². The van der Waals surface area contributed by atoms with Crippen LogP contribution < -0.4 is 0 Å². The second-order valence-electron chi connectivity index (χ2n) is 3.97. The SMILES string of the molecule is Cc1cc(C(=O)c2ccc(Cl)cc2)cc(C)n1. The molecule has 2 nitrogen and oxygen atoms in total. The standard InChI is InChI=1S/C14H12ClNO/c1-9-7-12(8-10(2)16-9)14(17)11-3-5-13(15)6-4-11/h3-8H,1-2H3. The number of carbonyl (C=O) groups excluding carboxylic acids is 1. The van der Waals surface area contributed by atoms with Gasteiger partial charge in [0.15, 0.2) is 5.78 Å². The Morgan fingerprint density at radius 3 is 2.06 bits per heavy atom. The van der Waals surface area contributed by atoms with Gasteiger partial charge in [-0.05, 0) is 50.2 Å². The molecule has 2 aromatic rings. The Balaban J connectivity index is 2.40. The molecule has 17 heavy (non-hydrogen) atoms. The van der Waals surface area contributed by atoms with Gasteiger partial charge in [-0.1, -0.05) is 11.6 Å². The molecule has 0 fully saturated rings. The number of benzene rings is 1.